The Morgan fingerprint density at radius 2 is 1.83 bits per heavy atom. The molecule has 1 fully saturated rings. The topological polar surface area (TPSA) is 62.4 Å². The number of hydrogen-bond acceptors (Lipinski definition) is 4. The summed E-state index contributed by atoms with van der Waals surface area (Å²) in [6, 6.07) is 17.7. The number of carbonyl (C=O) groups excluding carboxylic acids is 1. The molecule has 1 heterocycles. The van der Waals surface area contributed by atoms with E-state index in [1.807, 2.05) is 54.6 Å². The Balaban J connectivity index is 0.00000208. The van der Waals surface area contributed by atoms with Gasteiger partial charge in [0.25, 0.3) is 0 Å². The van der Waals surface area contributed by atoms with E-state index in [4.69, 9.17) is 4.74 Å². The fourth-order valence-electron chi connectivity index (χ4n) is 2.55. The number of rotatable bonds is 5. The second-order valence-corrected chi connectivity index (χ2v) is 5.55. The van der Waals surface area contributed by atoms with Crippen molar-refractivity contribution < 1.29 is 9.53 Å². The Morgan fingerprint density at radius 3 is 2.58 bits per heavy atom. The molecule has 1 aliphatic heterocycles. The molecule has 1 unspecified atom stereocenters. The van der Waals surface area contributed by atoms with Crippen LogP contribution in [0, 0.1) is 0 Å². The van der Waals surface area contributed by atoms with Crippen LogP contribution < -0.4 is 16.0 Å². The quantitative estimate of drug-likeness (QED) is 0.777. The molecule has 2 aromatic carbocycles. The molecule has 0 aliphatic carbocycles. The second-order valence-electron chi connectivity index (χ2n) is 5.55. The zero-order chi connectivity index (χ0) is 15.9. The Kier molecular flexibility index (Phi) is 7.06. The van der Waals surface area contributed by atoms with Gasteiger partial charge in [-0.1, -0.05) is 24.3 Å². The summed E-state index contributed by atoms with van der Waals surface area (Å²) in [5, 5.41) is 9.54. The van der Waals surface area contributed by atoms with Gasteiger partial charge in [-0.15, -0.1) is 12.4 Å². The third kappa shape index (κ3) is 5.53. The van der Waals surface area contributed by atoms with Crippen LogP contribution in [-0.4, -0.2) is 31.7 Å². The fraction of sp³-hybridized carbons (Fsp3) is 0.278. The molecule has 6 heteroatoms. The van der Waals surface area contributed by atoms with Crippen LogP contribution in [0.4, 0.5) is 17.1 Å². The molecule has 0 radical (unpaired) electrons. The van der Waals surface area contributed by atoms with E-state index in [0.717, 1.165) is 23.6 Å². The molecule has 1 saturated heterocycles. The van der Waals surface area contributed by atoms with Gasteiger partial charge in [0.15, 0.2) is 0 Å². The molecule has 1 atom stereocenters. The van der Waals surface area contributed by atoms with Gasteiger partial charge in [0, 0.05) is 36.1 Å². The van der Waals surface area contributed by atoms with Crippen LogP contribution in [0.15, 0.2) is 54.6 Å². The normalized spacial score (nSPS) is 16.8. The van der Waals surface area contributed by atoms with Crippen molar-refractivity contribution in [2.45, 2.75) is 12.5 Å². The summed E-state index contributed by atoms with van der Waals surface area (Å²) in [6.07, 6.45) is 0.413. The number of para-hydroxylation sites is 1. The maximum Gasteiger partial charge on any atom is 0.226 e. The zero-order valence-electron chi connectivity index (χ0n) is 13.3. The van der Waals surface area contributed by atoms with Crippen molar-refractivity contribution in [1.29, 1.82) is 0 Å². The van der Waals surface area contributed by atoms with Crippen molar-refractivity contribution in [2.24, 2.45) is 0 Å². The van der Waals surface area contributed by atoms with Gasteiger partial charge in [-0.2, -0.15) is 0 Å². The molecule has 0 bridgehead atoms. The van der Waals surface area contributed by atoms with Crippen LogP contribution in [0.5, 0.6) is 0 Å². The Bertz CT molecular complexity index is 646. The summed E-state index contributed by atoms with van der Waals surface area (Å²) in [5.41, 5.74) is 2.74. The highest BCUT2D eigenvalue weighted by Crippen LogP contribution is 2.20. The first-order valence-corrected chi connectivity index (χ1v) is 7.83. The molecule has 24 heavy (non-hydrogen) atoms. The van der Waals surface area contributed by atoms with Crippen LogP contribution >= 0.6 is 12.4 Å². The lowest BCUT2D eigenvalue weighted by molar-refractivity contribution is -0.117. The van der Waals surface area contributed by atoms with E-state index in [0.29, 0.717) is 19.6 Å². The summed E-state index contributed by atoms with van der Waals surface area (Å²) in [6.45, 7) is 2.10. The minimum Gasteiger partial charge on any atom is -0.378 e. The molecule has 128 valence electrons. The summed E-state index contributed by atoms with van der Waals surface area (Å²) < 4.78 is 5.37. The average Bonchev–Trinajstić information content (AvgIpc) is 2.57. The van der Waals surface area contributed by atoms with Crippen LogP contribution in [0.1, 0.15) is 6.42 Å². The number of anilines is 3. The van der Waals surface area contributed by atoms with Gasteiger partial charge in [0.2, 0.25) is 5.91 Å². The summed E-state index contributed by atoms with van der Waals surface area (Å²) >= 11 is 0. The van der Waals surface area contributed by atoms with Gasteiger partial charge < -0.3 is 20.7 Å². The van der Waals surface area contributed by atoms with Crippen molar-refractivity contribution in [3.05, 3.63) is 54.6 Å². The van der Waals surface area contributed by atoms with E-state index < -0.39 is 0 Å². The highest BCUT2D eigenvalue weighted by Gasteiger charge is 2.16. The smallest absolute Gasteiger partial charge is 0.226 e. The lowest BCUT2D eigenvalue weighted by Gasteiger charge is -2.23. The van der Waals surface area contributed by atoms with Gasteiger partial charge in [-0.05, 0) is 30.3 Å². The summed E-state index contributed by atoms with van der Waals surface area (Å²) in [5.74, 6) is -0.00939. The third-order valence-electron chi connectivity index (χ3n) is 3.64. The maximum atomic E-state index is 12.1. The molecule has 1 amide bonds. The Morgan fingerprint density at radius 1 is 1.08 bits per heavy atom. The third-order valence-corrected chi connectivity index (χ3v) is 3.64. The number of nitrogens with one attached hydrogen (secondary N) is 3. The number of halogens is 1. The van der Waals surface area contributed by atoms with E-state index in [-0.39, 0.29) is 24.4 Å². The van der Waals surface area contributed by atoms with Crippen LogP contribution in [-0.2, 0) is 9.53 Å². The van der Waals surface area contributed by atoms with Crippen molar-refractivity contribution in [1.82, 2.24) is 5.32 Å². The van der Waals surface area contributed by atoms with Crippen LogP contribution in [0.3, 0.4) is 0 Å². The van der Waals surface area contributed by atoms with E-state index in [2.05, 4.69) is 16.0 Å². The van der Waals surface area contributed by atoms with E-state index in [1.54, 1.807) is 0 Å². The molecular formula is C18H22ClN3O2. The number of hydrogen-bond donors (Lipinski definition) is 3. The SMILES string of the molecule is Cl.O=C(CC1COCCN1)Nc1cccc(Nc2ccccc2)c1. The van der Waals surface area contributed by atoms with Crippen LogP contribution in [0.2, 0.25) is 0 Å². The molecule has 1 aliphatic rings. The van der Waals surface area contributed by atoms with Gasteiger partial charge in [0.05, 0.1) is 13.2 Å². The molecular weight excluding hydrogens is 326 g/mol. The highest BCUT2D eigenvalue weighted by molar-refractivity contribution is 5.91. The number of morpholine rings is 1. The molecule has 0 saturated carbocycles. The highest BCUT2D eigenvalue weighted by atomic mass is 35.5. The number of carbonyl (C=O) groups is 1. The predicted molar refractivity (Wildman–Crippen MR) is 99.3 cm³/mol. The van der Waals surface area contributed by atoms with E-state index in [1.165, 1.54) is 0 Å². The molecule has 0 spiro atoms. The average molecular weight is 348 g/mol. The van der Waals surface area contributed by atoms with Gasteiger partial charge in [-0.3, -0.25) is 4.79 Å². The Hall–Kier alpha value is -2.08. The minimum absolute atomic E-state index is 0. The first-order chi connectivity index (χ1) is 11.3. The maximum absolute atomic E-state index is 12.1. The molecule has 2 aromatic rings. The first kappa shape index (κ1) is 18.3. The van der Waals surface area contributed by atoms with Gasteiger partial charge >= 0.3 is 0 Å². The zero-order valence-corrected chi connectivity index (χ0v) is 14.1. The Labute approximate surface area is 148 Å². The van der Waals surface area contributed by atoms with E-state index in [9.17, 15) is 4.79 Å². The van der Waals surface area contributed by atoms with Crippen molar-refractivity contribution in [2.75, 3.05) is 30.4 Å². The standard InChI is InChI=1S/C18H21N3O2.ClH/c22-18(12-17-13-23-10-9-19-17)21-16-8-4-7-15(11-16)20-14-5-2-1-3-6-14;/h1-8,11,17,19-20H,9-10,12-13H2,(H,21,22);1H. The minimum atomic E-state index is -0.00939. The number of benzene rings is 2. The van der Waals surface area contributed by atoms with Crippen LogP contribution in [0.25, 0.3) is 0 Å². The molecule has 0 aromatic heterocycles. The van der Waals surface area contributed by atoms with Crippen molar-refractivity contribution in [3.8, 4) is 0 Å². The molecule has 5 nitrogen and oxygen atoms in total. The number of amides is 1. The molecule has 3 N–H and O–H groups in total. The molecule has 3 rings (SSSR count). The fourth-order valence-corrected chi connectivity index (χ4v) is 2.55. The van der Waals surface area contributed by atoms with Gasteiger partial charge in [-0.25, -0.2) is 0 Å². The monoisotopic (exact) mass is 347 g/mol. The van der Waals surface area contributed by atoms with Gasteiger partial charge in [0.1, 0.15) is 0 Å². The largest absolute Gasteiger partial charge is 0.378 e. The number of ether oxygens (including phenoxy) is 1. The second kappa shape index (κ2) is 9.27. The summed E-state index contributed by atoms with van der Waals surface area (Å²) in [7, 11) is 0. The first-order valence-electron chi connectivity index (χ1n) is 7.83. The lowest BCUT2D eigenvalue weighted by atomic mass is 10.2. The predicted octanol–water partition coefficient (Wildman–Crippen LogP) is 3.17. The van der Waals surface area contributed by atoms with E-state index >= 15 is 0 Å². The van der Waals surface area contributed by atoms with Crippen molar-refractivity contribution in [3.63, 3.8) is 0 Å². The summed E-state index contributed by atoms with van der Waals surface area (Å²) in [4.78, 5) is 12.1. The van der Waals surface area contributed by atoms with Crippen molar-refractivity contribution >= 4 is 35.4 Å². The lowest BCUT2D eigenvalue weighted by Crippen LogP contribution is -2.43.